The summed E-state index contributed by atoms with van der Waals surface area (Å²) in [5, 5.41) is 0. The van der Waals surface area contributed by atoms with Crippen molar-refractivity contribution in [2.45, 2.75) is 39.7 Å². The van der Waals surface area contributed by atoms with Crippen LogP contribution in [0.15, 0.2) is 0 Å². The highest BCUT2D eigenvalue weighted by Gasteiger charge is 2.02. The molecule has 0 aromatic heterocycles. The van der Waals surface area contributed by atoms with Gasteiger partial charge in [-0.1, -0.05) is 13.8 Å². The molecule has 0 fully saturated rings. The number of rotatable bonds is 9. The first kappa shape index (κ1) is 15.1. The number of nitrogens with two attached hydrogens (primary N) is 1. The molecule has 0 aliphatic rings. The van der Waals surface area contributed by atoms with Crippen LogP contribution in [0.4, 0.5) is 0 Å². The molecule has 0 aromatic rings. The quantitative estimate of drug-likeness (QED) is 0.617. The Morgan fingerprint density at radius 3 is 2.33 bits per heavy atom. The molecule has 2 unspecified atom stereocenters. The van der Waals surface area contributed by atoms with E-state index in [0.717, 1.165) is 19.4 Å². The van der Waals surface area contributed by atoms with Crippen LogP contribution in [0.2, 0.25) is 0 Å². The minimum absolute atomic E-state index is 0.149. The maximum Gasteiger partial charge on any atom is 0.0581 e. The Labute approximate surface area is 96.2 Å². The molecule has 0 radical (unpaired) electrons. The maximum atomic E-state index is 11.4. The van der Waals surface area contributed by atoms with Crippen LogP contribution in [-0.4, -0.2) is 35.0 Å². The predicted octanol–water partition coefficient (Wildman–Crippen LogP) is 1.54. The number of ether oxygens (including phenoxy) is 1. The van der Waals surface area contributed by atoms with Gasteiger partial charge in [-0.2, -0.15) is 0 Å². The average molecular weight is 235 g/mol. The second kappa shape index (κ2) is 9.31. The van der Waals surface area contributed by atoms with Gasteiger partial charge >= 0.3 is 0 Å². The minimum atomic E-state index is -0.760. The third-order valence-electron chi connectivity index (χ3n) is 2.10. The predicted molar refractivity (Wildman–Crippen MR) is 66.4 cm³/mol. The molecule has 0 heterocycles. The molecule has 0 saturated carbocycles. The lowest BCUT2D eigenvalue weighted by atomic mass is 10.1. The van der Waals surface area contributed by atoms with Crippen LogP contribution >= 0.6 is 0 Å². The standard InChI is InChI=1S/C11H25NO2S/c1-10(2)4-6-14-7-9-15(13)8-5-11(3)12/h10-11H,4-9,12H2,1-3H3. The molecule has 0 aliphatic carbocycles. The maximum absolute atomic E-state index is 11.4. The molecule has 0 saturated heterocycles. The number of hydrogen-bond donors (Lipinski definition) is 1. The highest BCUT2D eigenvalue weighted by molar-refractivity contribution is 7.84. The van der Waals surface area contributed by atoms with Crippen molar-refractivity contribution in [3.05, 3.63) is 0 Å². The van der Waals surface area contributed by atoms with E-state index in [1.165, 1.54) is 0 Å². The Hall–Kier alpha value is 0.0700. The first-order chi connectivity index (χ1) is 7.02. The zero-order valence-corrected chi connectivity index (χ0v) is 11.0. The molecule has 15 heavy (non-hydrogen) atoms. The normalized spacial score (nSPS) is 15.5. The van der Waals surface area contributed by atoms with Gasteiger partial charge in [0.05, 0.1) is 6.61 Å². The molecular formula is C11H25NO2S. The molecule has 2 N–H and O–H groups in total. The van der Waals surface area contributed by atoms with Crippen LogP contribution in [-0.2, 0) is 15.5 Å². The molecule has 2 atom stereocenters. The molecule has 4 heteroatoms. The van der Waals surface area contributed by atoms with Gasteiger partial charge in [-0.05, 0) is 25.7 Å². The van der Waals surface area contributed by atoms with Crippen LogP contribution in [0.5, 0.6) is 0 Å². The van der Waals surface area contributed by atoms with Crippen LogP contribution in [0.1, 0.15) is 33.6 Å². The van der Waals surface area contributed by atoms with E-state index < -0.39 is 10.8 Å². The average Bonchev–Trinajstić information content (AvgIpc) is 2.13. The largest absolute Gasteiger partial charge is 0.380 e. The van der Waals surface area contributed by atoms with Crippen LogP contribution in [0.3, 0.4) is 0 Å². The third kappa shape index (κ3) is 12.0. The molecule has 0 aliphatic heterocycles. The van der Waals surface area contributed by atoms with E-state index in [2.05, 4.69) is 13.8 Å². The second-order valence-electron chi connectivity index (χ2n) is 4.41. The fourth-order valence-corrected chi connectivity index (χ4v) is 2.13. The van der Waals surface area contributed by atoms with Gasteiger partial charge in [0, 0.05) is 35.0 Å². The smallest absolute Gasteiger partial charge is 0.0581 e. The van der Waals surface area contributed by atoms with Crippen molar-refractivity contribution in [2.24, 2.45) is 11.7 Å². The van der Waals surface area contributed by atoms with Gasteiger partial charge in [0.25, 0.3) is 0 Å². The Balaban J connectivity index is 3.24. The third-order valence-corrected chi connectivity index (χ3v) is 3.41. The van der Waals surface area contributed by atoms with Gasteiger partial charge in [0.15, 0.2) is 0 Å². The van der Waals surface area contributed by atoms with Crippen molar-refractivity contribution >= 4 is 10.8 Å². The summed E-state index contributed by atoms with van der Waals surface area (Å²) in [6.45, 7) is 7.67. The van der Waals surface area contributed by atoms with Gasteiger partial charge in [-0.25, -0.2) is 0 Å². The molecule has 0 rings (SSSR count). The SMILES string of the molecule is CC(C)CCOCCS(=O)CCC(C)N. The Bertz CT molecular complexity index is 172. The first-order valence-electron chi connectivity index (χ1n) is 5.70. The number of hydrogen-bond acceptors (Lipinski definition) is 3. The van der Waals surface area contributed by atoms with Gasteiger partial charge in [0.1, 0.15) is 0 Å². The highest BCUT2D eigenvalue weighted by atomic mass is 32.2. The summed E-state index contributed by atoms with van der Waals surface area (Å²) in [6.07, 6.45) is 1.91. The summed E-state index contributed by atoms with van der Waals surface area (Å²) in [7, 11) is -0.760. The molecule has 92 valence electrons. The molecule has 3 nitrogen and oxygen atoms in total. The van der Waals surface area contributed by atoms with Crippen LogP contribution in [0.25, 0.3) is 0 Å². The van der Waals surface area contributed by atoms with Crippen molar-refractivity contribution in [3.8, 4) is 0 Å². The van der Waals surface area contributed by atoms with Gasteiger partial charge in [0.2, 0.25) is 0 Å². The Kier molecular flexibility index (Phi) is 9.35. The lowest BCUT2D eigenvalue weighted by Crippen LogP contribution is -2.19. The molecule has 0 amide bonds. The molecule has 0 bridgehead atoms. The van der Waals surface area contributed by atoms with Crippen molar-refractivity contribution < 1.29 is 8.95 Å². The van der Waals surface area contributed by atoms with E-state index in [4.69, 9.17) is 10.5 Å². The monoisotopic (exact) mass is 235 g/mol. The van der Waals surface area contributed by atoms with Crippen LogP contribution < -0.4 is 5.73 Å². The minimum Gasteiger partial charge on any atom is -0.380 e. The van der Waals surface area contributed by atoms with Crippen LogP contribution in [0, 0.1) is 5.92 Å². The van der Waals surface area contributed by atoms with E-state index in [1.54, 1.807) is 0 Å². The molecule has 0 spiro atoms. The van der Waals surface area contributed by atoms with Crippen molar-refractivity contribution in [1.82, 2.24) is 0 Å². The van der Waals surface area contributed by atoms with Gasteiger partial charge < -0.3 is 10.5 Å². The van der Waals surface area contributed by atoms with E-state index >= 15 is 0 Å². The van der Waals surface area contributed by atoms with E-state index in [9.17, 15) is 4.21 Å². The molecular weight excluding hydrogens is 210 g/mol. The Morgan fingerprint density at radius 1 is 1.13 bits per heavy atom. The first-order valence-corrected chi connectivity index (χ1v) is 7.19. The van der Waals surface area contributed by atoms with Crippen molar-refractivity contribution in [3.63, 3.8) is 0 Å². The van der Waals surface area contributed by atoms with Gasteiger partial charge in [-0.15, -0.1) is 0 Å². The fourth-order valence-electron chi connectivity index (χ4n) is 0.992. The van der Waals surface area contributed by atoms with Crippen molar-refractivity contribution in [1.29, 1.82) is 0 Å². The van der Waals surface area contributed by atoms with Crippen molar-refractivity contribution in [2.75, 3.05) is 24.7 Å². The second-order valence-corrected chi connectivity index (χ2v) is 6.11. The summed E-state index contributed by atoms with van der Waals surface area (Å²) >= 11 is 0. The zero-order valence-electron chi connectivity index (χ0n) is 10.2. The summed E-state index contributed by atoms with van der Waals surface area (Å²) in [6, 6.07) is 0.149. The van der Waals surface area contributed by atoms with E-state index in [0.29, 0.717) is 24.0 Å². The zero-order chi connectivity index (χ0) is 11.7. The van der Waals surface area contributed by atoms with E-state index in [-0.39, 0.29) is 6.04 Å². The summed E-state index contributed by atoms with van der Waals surface area (Å²) in [5.41, 5.74) is 5.58. The Morgan fingerprint density at radius 2 is 1.80 bits per heavy atom. The summed E-state index contributed by atoms with van der Waals surface area (Å²) in [5.74, 6) is 2.02. The lowest BCUT2D eigenvalue weighted by Gasteiger charge is -2.07. The lowest BCUT2D eigenvalue weighted by molar-refractivity contribution is 0.138. The van der Waals surface area contributed by atoms with E-state index in [1.807, 2.05) is 6.92 Å². The fraction of sp³-hybridized carbons (Fsp3) is 1.00. The summed E-state index contributed by atoms with van der Waals surface area (Å²) < 4.78 is 16.8. The molecule has 0 aromatic carbocycles. The topological polar surface area (TPSA) is 52.3 Å². The van der Waals surface area contributed by atoms with Gasteiger partial charge in [-0.3, -0.25) is 4.21 Å². The summed E-state index contributed by atoms with van der Waals surface area (Å²) in [4.78, 5) is 0. The highest BCUT2D eigenvalue weighted by Crippen LogP contribution is 1.99.